The number of likely N-dealkylation sites (tertiary alicyclic amines) is 1. The summed E-state index contributed by atoms with van der Waals surface area (Å²) in [5.41, 5.74) is 0.527. The summed E-state index contributed by atoms with van der Waals surface area (Å²) in [6, 6.07) is 7.28. The second kappa shape index (κ2) is 7.79. The van der Waals surface area contributed by atoms with Crippen molar-refractivity contribution in [1.29, 1.82) is 0 Å². The second-order valence-corrected chi connectivity index (χ2v) is 6.60. The van der Waals surface area contributed by atoms with Gasteiger partial charge in [-0.05, 0) is 43.2 Å². The Hall–Kier alpha value is -3.23. The molecule has 28 heavy (non-hydrogen) atoms. The van der Waals surface area contributed by atoms with Crippen molar-refractivity contribution in [1.82, 2.24) is 24.8 Å². The van der Waals surface area contributed by atoms with E-state index in [0.717, 1.165) is 12.8 Å². The molecule has 3 heterocycles. The number of amides is 1. The van der Waals surface area contributed by atoms with Crippen LogP contribution in [0.1, 0.15) is 41.1 Å². The van der Waals surface area contributed by atoms with Gasteiger partial charge in [0.15, 0.2) is 5.82 Å². The van der Waals surface area contributed by atoms with Gasteiger partial charge in [-0.1, -0.05) is 5.16 Å². The Labute approximate surface area is 160 Å². The van der Waals surface area contributed by atoms with Crippen LogP contribution in [0.15, 0.2) is 41.1 Å². The highest BCUT2D eigenvalue weighted by atomic mass is 19.1. The second-order valence-electron chi connectivity index (χ2n) is 6.60. The van der Waals surface area contributed by atoms with Crippen LogP contribution in [-0.4, -0.2) is 43.9 Å². The van der Waals surface area contributed by atoms with E-state index in [-0.39, 0.29) is 17.8 Å². The summed E-state index contributed by atoms with van der Waals surface area (Å²) in [6.07, 6.45) is 3.70. The van der Waals surface area contributed by atoms with Crippen molar-refractivity contribution in [2.45, 2.75) is 25.3 Å². The van der Waals surface area contributed by atoms with E-state index >= 15 is 0 Å². The number of nitrogens with zero attached hydrogens (tertiary/aromatic N) is 5. The number of carbonyl (C=O) groups excluding carboxylic acids is 1. The standard InChI is InChI=1S/C19H20FN5O3/c1-24-16(8-10-21-24)19(26)25-11-2-3-15(25)18-22-17(23-28-18)9-12-27-14-6-4-13(20)5-7-14/h4-8,10,15H,2-3,9,11-12H2,1H3. The summed E-state index contributed by atoms with van der Waals surface area (Å²) in [5.74, 6) is 1.12. The van der Waals surface area contributed by atoms with Crippen molar-refractivity contribution in [3.63, 3.8) is 0 Å². The van der Waals surface area contributed by atoms with E-state index in [9.17, 15) is 9.18 Å². The number of ether oxygens (including phenoxy) is 1. The predicted octanol–water partition coefficient (Wildman–Crippen LogP) is 2.54. The van der Waals surface area contributed by atoms with Crippen LogP contribution in [0, 0.1) is 5.82 Å². The first-order valence-corrected chi connectivity index (χ1v) is 9.11. The van der Waals surface area contributed by atoms with Gasteiger partial charge in [0, 0.05) is 26.2 Å². The topological polar surface area (TPSA) is 86.3 Å². The predicted molar refractivity (Wildman–Crippen MR) is 96.1 cm³/mol. The summed E-state index contributed by atoms with van der Waals surface area (Å²) in [6.45, 7) is 0.979. The third-order valence-corrected chi connectivity index (χ3v) is 4.73. The Morgan fingerprint density at radius 2 is 2.14 bits per heavy atom. The molecule has 1 aliphatic heterocycles. The van der Waals surface area contributed by atoms with Gasteiger partial charge in [-0.25, -0.2) is 4.39 Å². The van der Waals surface area contributed by atoms with Crippen LogP contribution in [0.2, 0.25) is 0 Å². The van der Waals surface area contributed by atoms with E-state index < -0.39 is 0 Å². The van der Waals surface area contributed by atoms with Crippen molar-refractivity contribution >= 4 is 5.91 Å². The van der Waals surface area contributed by atoms with Crippen LogP contribution >= 0.6 is 0 Å². The lowest BCUT2D eigenvalue weighted by Gasteiger charge is -2.21. The summed E-state index contributed by atoms with van der Waals surface area (Å²) in [5, 5.41) is 8.06. The quantitative estimate of drug-likeness (QED) is 0.648. The summed E-state index contributed by atoms with van der Waals surface area (Å²) < 4.78 is 25.4. The molecule has 4 rings (SSSR count). The molecule has 146 valence electrons. The lowest BCUT2D eigenvalue weighted by molar-refractivity contribution is 0.0699. The fraction of sp³-hybridized carbons (Fsp3) is 0.368. The molecular formula is C19H20FN5O3. The Morgan fingerprint density at radius 1 is 1.32 bits per heavy atom. The average Bonchev–Trinajstić information content (AvgIpc) is 3.43. The number of carbonyl (C=O) groups is 1. The highest BCUT2D eigenvalue weighted by Crippen LogP contribution is 2.32. The molecule has 1 atom stereocenters. The SMILES string of the molecule is Cn1nccc1C(=O)N1CCCC1c1nc(CCOc2ccc(F)cc2)no1. The fourth-order valence-corrected chi connectivity index (χ4v) is 3.29. The maximum Gasteiger partial charge on any atom is 0.272 e. The molecule has 0 spiro atoms. The van der Waals surface area contributed by atoms with E-state index in [1.807, 2.05) is 0 Å². The lowest BCUT2D eigenvalue weighted by atomic mass is 10.2. The van der Waals surface area contributed by atoms with Crippen LogP contribution in [0.25, 0.3) is 0 Å². The van der Waals surface area contributed by atoms with Gasteiger partial charge >= 0.3 is 0 Å². The first-order chi connectivity index (χ1) is 13.6. The molecule has 0 radical (unpaired) electrons. The number of aryl methyl sites for hydroxylation is 1. The molecule has 1 amide bonds. The summed E-state index contributed by atoms with van der Waals surface area (Å²) in [4.78, 5) is 19.0. The van der Waals surface area contributed by atoms with Gasteiger partial charge in [-0.2, -0.15) is 10.1 Å². The van der Waals surface area contributed by atoms with Crippen molar-refractivity contribution in [2.75, 3.05) is 13.2 Å². The Kier molecular flexibility index (Phi) is 5.05. The zero-order valence-corrected chi connectivity index (χ0v) is 15.4. The third-order valence-electron chi connectivity index (χ3n) is 4.73. The van der Waals surface area contributed by atoms with E-state index in [2.05, 4.69) is 15.2 Å². The van der Waals surface area contributed by atoms with Crippen molar-refractivity contribution < 1.29 is 18.4 Å². The van der Waals surface area contributed by atoms with E-state index in [0.29, 0.717) is 42.7 Å². The molecule has 1 unspecified atom stereocenters. The molecule has 0 bridgehead atoms. The zero-order valence-electron chi connectivity index (χ0n) is 15.4. The highest BCUT2D eigenvalue weighted by Gasteiger charge is 2.35. The lowest BCUT2D eigenvalue weighted by Crippen LogP contribution is -2.32. The van der Waals surface area contributed by atoms with Crippen LogP contribution in [0.4, 0.5) is 4.39 Å². The summed E-state index contributed by atoms with van der Waals surface area (Å²) >= 11 is 0. The highest BCUT2D eigenvalue weighted by molar-refractivity contribution is 5.92. The number of aromatic nitrogens is 4. The molecule has 0 aliphatic carbocycles. The molecule has 3 aromatic rings. The van der Waals surface area contributed by atoms with Gasteiger partial charge in [-0.15, -0.1) is 0 Å². The molecule has 1 saturated heterocycles. The molecule has 9 heteroatoms. The molecular weight excluding hydrogens is 365 g/mol. The fourth-order valence-electron chi connectivity index (χ4n) is 3.29. The molecule has 1 aliphatic rings. The van der Waals surface area contributed by atoms with E-state index in [1.165, 1.54) is 12.1 Å². The first-order valence-electron chi connectivity index (χ1n) is 9.11. The van der Waals surface area contributed by atoms with Gasteiger partial charge < -0.3 is 14.2 Å². The van der Waals surface area contributed by atoms with Crippen LogP contribution in [-0.2, 0) is 13.5 Å². The van der Waals surface area contributed by atoms with Gasteiger partial charge in [0.25, 0.3) is 5.91 Å². The maximum atomic E-state index is 12.9. The normalized spacial score (nSPS) is 16.5. The van der Waals surface area contributed by atoms with Crippen LogP contribution in [0.3, 0.4) is 0 Å². The van der Waals surface area contributed by atoms with Gasteiger partial charge in [0.2, 0.25) is 5.89 Å². The molecule has 1 aromatic carbocycles. The van der Waals surface area contributed by atoms with Gasteiger partial charge in [0.1, 0.15) is 23.3 Å². The maximum absolute atomic E-state index is 12.9. The van der Waals surface area contributed by atoms with Crippen molar-refractivity contribution in [2.24, 2.45) is 7.05 Å². The van der Waals surface area contributed by atoms with Gasteiger partial charge in [-0.3, -0.25) is 9.48 Å². The third kappa shape index (κ3) is 3.73. The van der Waals surface area contributed by atoms with Crippen LogP contribution < -0.4 is 4.74 Å². The van der Waals surface area contributed by atoms with E-state index in [4.69, 9.17) is 9.26 Å². The Balaban J connectivity index is 1.38. The van der Waals surface area contributed by atoms with E-state index in [1.54, 1.807) is 41.0 Å². The largest absolute Gasteiger partial charge is 0.493 e. The van der Waals surface area contributed by atoms with Crippen LogP contribution in [0.5, 0.6) is 5.75 Å². The van der Waals surface area contributed by atoms with Gasteiger partial charge in [0.05, 0.1) is 6.61 Å². The molecule has 1 fully saturated rings. The minimum atomic E-state index is -0.308. The number of benzene rings is 1. The Bertz CT molecular complexity index is 953. The number of hydrogen-bond acceptors (Lipinski definition) is 6. The van der Waals surface area contributed by atoms with Crippen molar-refractivity contribution in [3.8, 4) is 5.75 Å². The smallest absolute Gasteiger partial charge is 0.272 e. The first kappa shape index (κ1) is 18.1. The Morgan fingerprint density at radius 3 is 2.89 bits per heavy atom. The minimum Gasteiger partial charge on any atom is -0.493 e. The summed E-state index contributed by atoms with van der Waals surface area (Å²) in [7, 11) is 1.74. The zero-order chi connectivity index (χ0) is 19.5. The molecule has 8 nitrogen and oxygen atoms in total. The molecule has 0 saturated carbocycles. The monoisotopic (exact) mass is 385 g/mol. The van der Waals surface area contributed by atoms with Crippen molar-refractivity contribution in [3.05, 3.63) is 59.8 Å². The molecule has 0 N–H and O–H groups in total. The number of halogens is 1. The minimum absolute atomic E-state index is 0.0955. The number of rotatable bonds is 6. The number of hydrogen-bond donors (Lipinski definition) is 0. The average molecular weight is 385 g/mol. The molecule has 2 aromatic heterocycles.